The number of carbonyl (C=O) groups is 1. The van der Waals surface area contributed by atoms with Gasteiger partial charge in [0.2, 0.25) is 5.88 Å². The first-order valence-corrected chi connectivity index (χ1v) is 9.85. The predicted octanol–water partition coefficient (Wildman–Crippen LogP) is 5.09. The molecule has 0 radical (unpaired) electrons. The third-order valence-corrected chi connectivity index (χ3v) is 4.93. The number of carboxylic acid groups (broad SMARTS) is 1. The molecule has 0 aliphatic rings. The maximum Gasteiger partial charge on any atom is 0.336 e. The van der Waals surface area contributed by atoms with E-state index < -0.39 is 5.97 Å². The Hall–Kier alpha value is -3.21. The topological polar surface area (TPSA) is 72.3 Å². The molecule has 0 atom stereocenters. The fourth-order valence-electron chi connectivity index (χ4n) is 3.45. The van der Waals surface area contributed by atoms with Gasteiger partial charge in [0.25, 0.3) is 0 Å². The van der Waals surface area contributed by atoms with E-state index in [-0.39, 0.29) is 0 Å². The molecule has 0 saturated carbocycles. The Kier molecular flexibility index (Phi) is 6.60. The SMILES string of the molecule is CCCCc1nc(C)nc(OC)c1Cc1ccc(-c2ccccc2C(=O)O)cc1. The molecule has 3 aromatic rings. The van der Waals surface area contributed by atoms with Crippen molar-refractivity contribution in [2.75, 3.05) is 7.11 Å². The lowest BCUT2D eigenvalue weighted by molar-refractivity contribution is 0.0697. The predicted molar refractivity (Wildman–Crippen MR) is 114 cm³/mol. The summed E-state index contributed by atoms with van der Waals surface area (Å²) >= 11 is 0. The number of hydrogen-bond donors (Lipinski definition) is 1. The minimum atomic E-state index is -0.924. The highest BCUT2D eigenvalue weighted by Gasteiger charge is 2.15. The number of benzene rings is 2. The molecule has 0 aliphatic heterocycles. The number of methoxy groups -OCH3 is 1. The second-order valence-corrected chi connectivity index (χ2v) is 7.03. The van der Waals surface area contributed by atoms with Gasteiger partial charge in [-0.25, -0.2) is 9.78 Å². The Morgan fingerprint density at radius 2 is 1.79 bits per heavy atom. The zero-order valence-electron chi connectivity index (χ0n) is 17.1. The van der Waals surface area contributed by atoms with Crippen molar-refractivity contribution in [3.63, 3.8) is 0 Å². The minimum absolute atomic E-state index is 0.302. The van der Waals surface area contributed by atoms with Crippen LogP contribution in [-0.2, 0) is 12.8 Å². The van der Waals surface area contributed by atoms with Gasteiger partial charge in [-0.05, 0) is 42.5 Å². The van der Waals surface area contributed by atoms with E-state index in [0.29, 0.717) is 23.4 Å². The molecule has 0 fully saturated rings. The minimum Gasteiger partial charge on any atom is -0.481 e. The molecule has 3 rings (SSSR count). The number of ether oxygens (including phenoxy) is 1. The molecule has 0 aliphatic carbocycles. The van der Waals surface area contributed by atoms with Gasteiger partial charge in [0.05, 0.1) is 18.4 Å². The third-order valence-electron chi connectivity index (χ3n) is 4.93. The van der Waals surface area contributed by atoms with Crippen molar-refractivity contribution in [1.82, 2.24) is 9.97 Å². The molecule has 0 saturated heterocycles. The monoisotopic (exact) mass is 390 g/mol. The fraction of sp³-hybridized carbons (Fsp3) is 0.292. The lowest BCUT2D eigenvalue weighted by Gasteiger charge is -2.14. The second kappa shape index (κ2) is 9.32. The van der Waals surface area contributed by atoms with Gasteiger partial charge in [0, 0.05) is 12.0 Å². The molecule has 1 heterocycles. The zero-order chi connectivity index (χ0) is 20.8. The standard InChI is InChI=1S/C24H26N2O3/c1-4-5-10-22-21(23(29-3)26-16(2)25-22)15-17-11-13-18(14-12-17)19-8-6-7-9-20(19)24(27)28/h6-9,11-14H,4-5,10,15H2,1-3H3,(H,27,28). The molecule has 0 amide bonds. The van der Waals surface area contributed by atoms with Crippen LogP contribution in [0.4, 0.5) is 0 Å². The van der Waals surface area contributed by atoms with Gasteiger partial charge in [0.1, 0.15) is 5.82 Å². The van der Waals surface area contributed by atoms with Crippen LogP contribution in [0.25, 0.3) is 11.1 Å². The number of aromatic carboxylic acids is 1. The average molecular weight is 390 g/mol. The Labute approximate surface area is 171 Å². The molecule has 0 bridgehead atoms. The van der Waals surface area contributed by atoms with Gasteiger partial charge in [-0.15, -0.1) is 0 Å². The molecule has 0 unspecified atom stereocenters. The molecule has 150 valence electrons. The van der Waals surface area contributed by atoms with Gasteiger partial charge in [-0.2, -0.15) is 4.98 Å². The van der Waals surface area contributed by atoms with Crippen molar-refractivity contribution >= 4 is 5.97 Å². The van der Waals surface area contributed by atoms with Crippen LogP contribution in [0, 0.1) is 6.92 Å². The van der Waals surface area contributed by atoms with Crippen molar-refractivity contribution in [1.29, 1.82) is 0 Å². The summed E-state index contributed by atoms with van der Waals surface area (Å²) in [5.41, 5.74) is 5.05. The first kappa shape index (κ1) is 20.5. The number of rotatable bonds is 8. The van der Waals surface area contributed by atoms with Crippen LogP contribution in [0.5, 0.6) is 5.88 Å². The molecular formula is C24H26N2O3. The van der Waals surface area contributed by atoms with E-state index in [2.05, 4.69) is 16.9 Å². The number of nitrogens with zero attached hydrogens (tertiary/aromatic N) is 2. The van der Waals surface area contributed by atoms with Crippen LogP contribution in [0.3, 0.4) is 0 Å². The lowest BCUT2D eigenvalue weighted by Crippen LogP contribution is -2.07. The van der Waals surface area contributed by atoms with E-state index in [0.717, 1.165) is 47.5 Å². The van der Waals surface area contributed by atoms with Crippen molar-refractivity contribution in [3.05, 3.63) is 76.7 Å². The number of unbranched alkanes of at least 4 members (excludes halogenated alkanes) is 1. The summed E-state index contributed by atoms with van der Waals surface area (Å²) in [6, 6.07) is 15.0. The van der Waals surface area contributed by atoms with Gasteiger partial charge in [-0.3, -0.25) is 0 Å². The third kappa shape index (κ3) is 4.80. The number of carboxylic acids is 1. The summed E-state index contributed by atoms with van der Waals surface area (Å²) in [7, 11) is 1.64. The fourth-order valence-corrected chi connectivity index (χ4v) is 3.45. The summed E-state index contributed by atoms with van der Waals surface area (Å²) in [6.45, 7) is 4.05. The molecule has 2 aromatic carbocycles. The van der Waals surface area contributed by atoms with Crippen LogP contribution in [-0.4, -0.2) is 28.2 Å². The van der Waals surface area contributed by atoms with Gasteiger partial charge in [-0.1, -0.05) is 55.8 Å². The number of aryl methyl sites for hydroxylation is 2. The van der Waals surface area contributed by atoms with E-state index in [9.17, 15) is 9.90 Å². The quantitative estimate of drug-likeness (QED) is 0.580. The van der Waals surface area contributed by atoms with E-state index in [4.69, 9.17) is 4.74 Å². The lowest BCUT2D eigenvalue weighted by atomic mass is 9.96. The highest BCUT2D eigenvalue weighted by molar-refractivity contribution is 5.95. The Morgan fingerprint density at radius 3 is 2.45 bits per heavy atom. The number of aromatic nitrogens is 2. The molecule has 29 heavy (non-hydrogen) atoms. The Morgan fingerprint density at radius 1 is 1.07 bits per heavy atom. The van der Waals surface area contributed by atoms with Gasteiger partial charge < -0.3 is 9.84 Å². The first-order chi connectivity index (χ1) is 14.0. The van der Waals surface area contributed by atoms with Gasteiger partial charge >= 0.3 is 5.97 Å². The summed E-state index contributed by atoms with van der Waals surface area (Å²) in [4.78, 5) is 20.6. The Bertz CT molecular complexity index is 998. The van der Waals surface area contributed by atoms with E-state index in [1.54, 1.807) is 19.2 Å². The molecule has 1 aromatic heterocycles. The zero-order valence-corrected chi connectivity index (χ0v) is 17.1. The van der Waals surface area contributed by atoms with Crippen molar-refractivity contribution in [2.45, 2.75) is 39.5 Å². The van der Waals surface area contributed by atoms with Crippen LogP contribution in [0.2, 0.25) is 0 Å². The van der Waals surface area contributed by atoms with Crippen LogP contribution in [0.1, 0.15) is 52.8 Å². The van der Waals surface area contributed by atoms with Crippen LogP contribution in [0.15, 0.2) is 48.5 Å². The number of hydrogen-bond acceptors (Lipinski definition) is 4. The molecule has 0 spiro atoms. The molecule has 5 heteroatoms. The van der Waals surface area contributed by atoms with Crippen LogP contribution < -0.4 is 4.74 Å². The maximum atomic E-state index is 11.5. The largest absolute Gasteiger partial charge is 0.481 e. The van der Waals surface area contributed by atoms with E-state index >= 15 is 0 Å². The summed E-state index contributed by atoms with van der Waals surface area (Å²) in [5.74, 6) is 0.424. The van der Waals surface area contributed by atoms with Gasteiger partial charge in [0.15, 0.2) is 0 Å². The maximum absolute atomic E-state index is 11.5. The molecular weight excluding hydrogens is 364 g/mol. The smallest absolute Gasteiger partial charge is 0.336 e. The highest BCUT2D eigenvalue weighted by Crippen LogP contribution is 2.27. The van der Waals surface area contributed by atoms with E-state index in [1.165, 1.54) is 0 Å². The molecule has 5 nitrogen and oxygen atoms in total. The normalized spacial score (nSPS) is 10.7. The molecule has 1 N–H and O–H groups in total. The van der Waals surface area contributed by atoms with Crippen molar-refractivity contribution < 1.29 is 14.6 Å². The summed E-state index contributed by atoms with van der Waals surface area (Å²) < 4.78 is 5.54. The van der Waals surface area contributed by atoms with Crippen molar-refractivity contribution in [3.8, 4) is 17.0 Å². The first-order valence-electron chi connectivity index (χ1n) is 9.85. The summed E-state index contributed by atoms with van der Waals surface area (Å²) in [5, 5.41) is 9.43. The highest BCUT2D eigenvalue weighted by atomic mass is 16.5. The van der Waals surface area contributed by atoms with E-state index in [1.807, 2.05) is 43.3 Å². The average Bonchev–Trinajstić information content (AvgIpc) is 2.74. The summed E-state index contributed by atoms with van der Waals surface area (Å²) in [6.07, 6.45) is 3.74. The van der Waals surface area contributed by atoms with Crippen LogP contribution >= 0.6 is 0 Å². The Balaban J connectivity index is 1.92. The second-order valence-electron chi connectivity index (χ2n) is 7.03. The van der Waals surface area contributed by atoms with Crippen molar-refractivity contribution in [2.24, 2.45) is 0 Å².